The fourth-order valence-corrected chi connectivity index (χ4v) is 4.11. The van der Waals surface area contributed by atoms with Crippen molar-refractivity contribution < 1.29 is 4.79 Å². The van der Waals surface area contributed by atoms with Crippen molar-refractivity contribution in [2.75, 3.05) is 6.54 Å². The van der Waals surface area contributed by atoms with E-state index < -0.39 is 0 Å². The van der Waals surface area contributed by atoms with Crippen LogP contribution in [0.5, 0.6) is 0 Å². The van der Waals surface area contributed by atoms with Crippen molar-refractivity contribution in [2.24, 2.45) is 11.7 Å². The van der Waals surface area contributed by atoms with Gasteiger partial charge < -0.3 is 10.6 Å². The van der Waals surface area contributed by atoms with E-state index in [-0.39, 0.29) is 0 Å². The number of hydrogen-bond acceptors (Lipinski definition) is 2. The molecular weight excluding hydrogens is 260 g/mol. The van der Waals surface area contributed by atoms with E-state index in [1.54, 1.807) is 0 Å². The van der Waals surface area contributed by atoms with E-state index in [4.69, 9.17) is 5.73 Å². The molecule has 2 N–H and O–H groups in total. The van der Waals surface area contributed by atoms with Gasteiger partial charge in [-0.15, -0.1) is 0 Å². The molecule has 0 bridgehead atoms. The number of rotatable bonds is 6. The average molecular weight is 294 g/mol. The molecule has 2 saturated carbocycles. The third-order valence-electron chi connectivity index (χ3n) is 5.46. The maximum atomic E-state index is 12.7. The topological polar surface area (TPSA) is 46.3 Å². The van der Waals surface area contributed by atoms with Crippen molar-refractivity contribution in [3.8, 4) is 0 Å². The van der Waals surface area contributed by atoms with Gasteiger partial charge in [-0.05, 0) is 44.4 Å². The minimum atomic E-state index is 0.363. The van der Waals surface area contributed by atoms with Crippen LogP contribution in [0.3, 0.4) is 0 Å². The van der Waals surface area contributed by atoms with Gasteiger partial charge in [-0.2, -0.15) is 0 Å². The molecule has 122 valence electrons. The first kappa shape index (κ1) is 16.8. The number of carbonyl (C=O) groups is 1. The highest BCUT2D eigenvalue weighted by atomic mass is 16.2. The molecule has 2 aliphatic carbocycles. The molecule has 2 aliphatic rings. The third kappa shape index (κ3) is 5.28. The third-order valence-corrected chi connectivity index (χ3v) is 5.46. The molecule has 0 aromatic heterocycles. The van der Waals surface area contributed by atoms with Gasteiger partial charge in [0, 0.05) is 25.0 Å². The van der Waals surface area contributed by atoms with Crippen LogP contribution in [0.25, 0.3) is 0 Å². The molecule has 21 heavy (non-hydrogen) atoms. The molecular formula is C18H34N2O. The molecule has 1 amide bonds. The van der Waals surface area contributed by atoms with E-state index in [1.807, 2.05) is 0 Å². The summed E-state index contributed by atoms with van der Waals surface area (Å²) >= 11 is 0. The van der Waals surface area contributed by atoms with Gasteiger partial charge in [0.15, 0.2) is 0 Å². The number of nitrogens with zero attached hydrogens (tertiary/aromatic N) is 1. The smallest absolute Gasteiger partial charge is 0.222 e. The summed E-state index contributed by atoms with van der Waals surface area (Å²) in [4.78, 5) is 14.8. The van der Waals surface area contributed by atoms with Gasteiger partial charge >= 0.3 is 0 Å². The lowest BCUT2D eigenvalue weighted by atomic mass is 9.85. The van der Waals surface area contributed by atoms with Gasteiger partial charge in [0.05, 0.1) is 0 Å². The molecule has 0 aliphatic heterocycles. The van der Waals surface area contributed by atoms with E-state index in [9.17, 15) is 4.79 Å². The summed E-state index contributed by atoms with van der Waals surface area (Å²) in [5.41, 5.74) is 6.00. The number of hydrogen-bond donors (Lipinski definition) is 1. The highest BCUT2D eigenvalue weighted by Crippen LogP contribution is 2.28. The molecule has 0 saturated heterocycles. The van der Waals surface area contributed by atoms with Crippen LogP contribution >= 0.6 is 0 Å². The van der Waals surface area contributed by atoms with Crippen LogP contribution in [0, 0.1) is 5.92 Å². The average Bonchev–Trinajstić information content (AvgIpc) is 2.52. The molecule has 0 spiro atoms. The maximum absolute atomic E-state index is 12.7. The minimum absolute atomic E-state index is 0.363. The second-order valence-corrected chi connectivity index (χ2v) is 7.20. The largest absolute Gasteiger partial charge is 0.340 e. The Labute approximate surface area is 130 Å². The summed E-state index contributed by atoms with van der Waals surface area (Å²) in [6.07, 6.45) is 14.2. The van der Waals surface area contributed by atoms with Crippen LogP contribution in [0.15, 0.2) is 0 Å². The summed E-state index contributed by atoms with van der Waals surface area (Å²) in [5.74, 6) is 1.22. The molecule has 3 nitrogen and oxygen atoms in total. The van der Waals surface area contributed by atoms with Gasteiger partial charge in [0.1, 0.15) is 0 Å². The Hall–Kier alpha value is -0.570. The number of carbonyl (C=O) groups excluding carboxylic acids is 1. The van der Waals surface area contributed by atoms with E-state index >= 15 is 0 Å². The lowest BCUT2D eigenvalue weighted by Crippen LogP contribution is -2.44. The van der Waals surface area contributed by atoms with Crippen molar-refractivity contribution in [2.45, 2.75) is 96.1 Å². The van der Waals surface area contributed by atoms with E-state index in [0.29, 0.717) is 18.0 Å². The van der Waals surface area contributed by atoms with Gasteiger partial charge in [0.25, 0.3) is 0 Å². The monoisotopic (exact) mass is 294 g/mol. The van der Waals surface area contributed by atoms with Crippen LogP contribution in [-0.2, 0) is 4.79 Å². The Morgan fingerprint density at radius 2 is 1.71 bits per heavy atom. The summed E-state index contributed by atoms with van der Waals surface area (Å²) < 4.78 is 0. The summed E-state index contributed by atoms with van der Waals surface area (Å²) in [7, 11) is 0. The number of amides is 1. The summed E-state index contributed by atoms with van der Waals surface area (Å²) in [6.45, 7) is 3.11. The van der Waals surface area contributed by atoms with Crippen LogP contribution in [0.2, 0.25) is 0 Å². The Bertz CT molecular complexity index is 304. The van der Waals surface area contributed by atoms with Crippen molar-refractivity contribution in [3.63, 3.8) is 0 Å². The molecule has 0 aromatic rings. The molecule has 2 rings (SSSR count). The van der Waals surface area contributed by atoms with Crippen molar-refractivity contribution >= 4 is 5.91 Å². The fraction of sp³-hybridized carbons (Fsp3) is 0.944. The van der Waals surface area contributed by atoms with Crippen LogP contribution in [0.4, 0.5) is 0 Å². The van der Waals surface area contributed by atoms with Crippen molar-refractivity contribution in [3.05, 3.63) is 0 Å². The Morgan fingerprint density at radius 3 is 2.33 bits per heavy atom. The van der Waals surface area contributed by atoms with Gasteiger partial charge in [-0.25, -0.2) is 0 Å². The lowest BCUT2D eigenvalue weighted by molar-refractivity contribution is -0.134. The van der Waals surface area contributed by atoms with Crippen molar-refractivity contribution in [1.82, 2.24) is 4.90 Å². The highest BCUT2D eigenvalue weighted by molar-refractivity contribution is 5.76. The predicted molar refractivity (Wildman–Crippen MR) is 88.0 cm³/mol. The lowest BCUT2D eigenvalue weighted by Gasteiger charge is -2.36. The highest BCUT2D eigenvalue weighted by Gasteiger charge is 2.27. The predicted octanol–water partition coefficient (Wildman–Crippen LogP) is 3.86. The zero-order valence-electron chi connectivity index (χ0n) is 13.9. The molecule has 0 radical (unpaired) electrons. The normalized spacial score (nSPS) is 27.5. The molecule has 0 heterocycles. The Morgan fingerprint density at radius 1 is 1.05 bits per heavy atom. The Kier molecular flexibility index (Phi) is 7.01. The quantitative estimate of drug-likeness (QED) is 0.808. The number of nitrogens with two attached hydrogens (primary N) is 1. The van der Waals surface area contributed by atoms with Crippen LogP contribution in [0.1, 0.15) is 84.0 Å². The van der Waals surface area contributed by atoms with Gasteiger partial charge in [-0.3, -0.25) is 4.79 Å². The standard InChI is InChI=1S/C18H34N2O/c1-2-14-20(17-11-9-16(19)10-12-17)18(21)13-8-15-6-4-3-5-7-15/h15-17H,2-14,19H2,1H3. The molecule has 0 aromatic carbocycles. The second-order valence-electron chi connectivity index (χ2n) is 7.20. The van der Waals surface area contributed by atoms with E-state index in [2.05, 4.69) is 11.8 Å². The zero-order valence-corrected chi connectivity index (χ0v) is 13.9. The molecule has 2 fully saturated rings. The van der Waals surface area contributed by atoms with Crippen LogP contribution in [-0.4, -0.2) is 29.4 Å². The first-order valence-electron chi connectivity index (χ1n) is 9.25. The van der Waals surface area contributed by atoms with Gasteiger partial charge in [-0.1, -0.05) is 39.0 Å². The first-order valence-corrected chi connectivity index (χ1v) is 9.25. The Balaban J connectivity index is 1.80. The first-order chi connectivity index (χ1) is 10.2. The molecule has 3 heteroatoms. The molecule has 0 unspecified atom stereocenters. The van der Waals surface area contributed by atoms with E-state index in [0.717, 1.165) is 57.4 Å². The van der Waals surface area contributed by atoms with Crippen molar-refractivity contribution in [1.29, 1.82) is 0 Å². The van der Waals surface area contributed by atoms with Crippen LogP contribution < -0.4 is 5.73 Å². The summed E-state index contributed by atoms with van der Waals surface area (Å²) in [5, 5.41) is 0. The fourth-order valence-electron chi connectivity index (χ4n) is 4.11. The maximum Gasteiger partial charge on any atom is 0.222 e. The minimum Gasteiger partial charge on any atom is -0.340 e. The van der Waals surface area contributed by atoms with Gasteiger partial charge in [0.2, 0.25) is 5.91 Å². The SMILES string of the molecule is CCCN(C(=O)CCC1CCCCC1)C1CCC(N)CC1. The zero-order chi connectivity index (χ0) is 15.1. The molecule has 0 atom stereocenters. The van der Waals surface area contributed by atoms with E-state index in [1.165, 1.54) is 32.1 Å². The second kappa shape index (κ2) is 8.77. The summed E-state index contributed by atoms with van der Waals surface area (Å²) in [6, 6.07) is 0.825.